The molecule has 1 aromatic rings. The van der Waals surface area contributed by atoms with Gasteiger partial charge >= 0.3 is 0 Å². The summed E-state index contributed by atoms with van der Waals surface area (Å²) in [6.07, 6.45) is 1.45. The third kappa shape index (κ3) is 4.35. The van der Waals surface area contributed by atoms with Crippen LogP contribution >= 0.6 is 0 Å². The Hall–Kier alpha value is -1.88. The highest BCUT2D eigenvalue weighted by Gasteiger charge is 2.27. The van der Waals surface area contributed by atoms with Crippen molar-refractivity contribution in [3.8, 4) is 0 Å². The maximum atomic E-state index is 12.2. The molecule has 4 N–H and O–H groups in total. The lowest BCUT2D eigenvalue weighted by Crippen LogP contribution is -2.48. The Kier molecular flexibility index (Phi) is 5.27. The Balaban J connectivity index is 2.91. The van der Waals surface area contributed by atoms with Gasteiger partial charge in [0.15, 0.2) is 0 Å². The quantitative estimate of drug-likeness (QED) is 0.772. The first kappa shape index (κ1) is 16.2. The highest BCUT2D eigenvalue weighted by Crippen LogP contribution is 2.22. The molecule has 0 aliphatic heterocycles. The lowest BCUT2D eigenvalue weighted by molar-refractivity contribution is -0.120. The molecule has 2 amide bonds. The van der Waals surface area contributed by atoms with Crippen molar-refractivity contribution in [1.29, 1.82) is 0 Å². The fraction of sp³-hybridized carbons (Fsp3) is 0.467. The van der Waals surface area contributed by atoms with Gasteiger partial charge in [0.25, 0.3) is 0 Å². The van der Waals surface area contributed by atoms with Crippen LogP contribution in [0.25, 0.3) is 0 Å². The van der Waals surface area contributed by atoms with Gasteiger partial charge in [0.1, 0.15) is 0 Å². The van der Waals surface area contributed by atoms with E-state index in [1.165, 1.54) is 6.92 Å². The zero-order valence-corrected chi connectivity index (χ0v) is 12.5. The number of nitrogens with one attached hydrogen (secondary N) is 2. The van der Waals surface area contributed by atoms with Crippen LogP contribution in [0.5, 0.6) is 0 Å². The maximum Gasteiger partial charge on any atom is 0.244 e. The van der Waals surface area contributed by atoms with E-state index >= 15 is 0 Å². The van der Waals surface area contributed by atoms with E-state index in [0.29, 0.717) is 17.8 Å². The molecule has 0 fully saturated rings. The molecular weight excluding hydrogens is 254 g/mol. The number of anilines is 2. The molecule has 1 aromatic carbocycles. The van der Waals surface area contributed by atoms with E-state index in [9.17, 15) is 9.59 Å². The van der Waals surface area contributed by atoms with E-state index in [-0.39, 0.29) is 11.8 Å². The Morgan fingerprint density at radius 2 is 1.95 bits per heavy atom. The van der Waals surface area contributed by atoms with E-state index in [1.807, 2.05) is 19.9 Å². The van der Waals surface area contributed by atoms with Crippen LogP contribution in [0.4, 0.5) is 11.4 Å². The molecule has 5 nitrogen and oxygen atoms in total. The van der Waals surface area contributed by atoms with Crippen LogP contribution < -0.4 is 16.4 Å². The first-order valence-electron chi connectivity index (χ1n) is 6.75. The largest absolute Gasteiger partial charge is 0.326 e. The van der Waals surface area contributed by atoms with Gasteiger partial charge in [-0.1, -0.05) is 19.4 Å². The number of carbonyl (C=O) groups is 2. The lowest BCUT2D eigenvalue weighted by atomic mass is 9.96. The highest BCUT2D eigenvalue weighted by atomic mass is 16.2. The van der Waals surface area contributed by atoms with E-state index in [1.54, 1.807) is 19.1 Å². The van der Waals surface area contributed by atoms with E-state index in [2.05, 4.69) is 10.6 Å². The fourth-order valence-corrected chi connectivity index (χ4v) is 1.94. The van der Waals surface area contributed by atoms with Gasteiger partial charge in [0, 0.05) is 18.3 Å². The second-order valence-corrected chi connectivity index (χ2v) is 5.33. The molecule has 1 atom stereocenters. The standard InChI is InChI=1S/C15H23N3O2/c1-5-8-15(4,16)14(20)18-13-9-12(17-11(3)19)7-6-10(13)2/h6-7,9H,5,8,16H2,1-4H3,(H,17,19)(H,18,20). The second-order valence-electron chi connectivity index (χ2n) is 5.33. The molecule has 0 aliphatic rings. The molecule has 0 saturated carbocycles. The summed E-state index contributed by atoms with van der Waals surface area (Å²) in [5.41, 5.74) is 7.33. The highest BCUT2D eigenvalue weighted by molar-refractivity contribution is 5.99. The molecule has 0 bridgehead atoms. The van der Waals surface area contributed by atoms with Gasteiger partial charge in [-0.15, -0.1) is 0 Å². The van der Waals surface area contributed by atoms with Crippen molar-refractivity contribution < 1.29 is 9.59 Å². The third-order valence-corrected chi connectivity index (χ3v) is 3.09. The minimum Gasteiger partial charge on any atom is -0.326 e. The number of amides is 2. The van der Waals surface area contributed by atoms with Crippen molar-refractivity contribution in [2.24, 2.45) is 5.73 Å². The van der Waals surface area contributed by atoms with Gasteiger partial charge < -0.3 is 16.4 Å². The number of aryl methyl sites for hydroxylation is 1. The minimum atomic E-state index is -0.898. The molecule has 1 rings (SSSR count). The number of rotatable bonds is 5. The van der Waals surface area contributed by atoms with Crippen LogP contribution in [0.2, 0.25) is 0 Å². The van der Waals surface area contributed by atoms with E-state index < -0.39 is 5.54 Å². The lowest BCUT2D eigenvalue weighted by Gasteiger charge is -2.23. The molecule has 20 heavy (non-hydrogen) atoms. The number of carbonyl (C=O) groups excluding carboxylic acids is 2. The van der Waals surface area contributed by atoms with Gasteiger partial charge in [-0.05, 0) is 38.0 Å². The maximum absolute atomic E-state index is 12.2. The molecular formula is C15H23N3O2. The van der Waals surface area contributed by atoms with Gasteiger partial charge in [-0.3, -0.25) is 9.59 Å². The zero-order chi connectivity index (χ0) is 15.3. The summed E-state index contributed by atoms with van der Waals surface area (Å²) >= 11 is 0. The monoisotopic (exact) mass is 277 g/mol. The van der Waals surface area contributed by atoms with Crippen molar-refractivity contribution >= 4 is 23.2 Å². The van der Waals surface area contributed by atoms with Crippen molar-refractivity contribution in [3.63, 3.8) is 0 Å². The van der Waals surface area contributed by atoms with Gasteiger partial charge in [0.2, 0.25) is 11.8 Å². The zero-order valence-electron chi connectivity index (χ0n) is 12.5. The SMILES string of the molecule is CCCC(C)(N)C(=O)Nc1cc(NC(C)=O)ccc1C. The Labute approximate surface area is 119 Å². The van der Waals surface area contributed by atoms with Crippen LogP contribution in [0.15, 0.2) is 18.2 Å². The summed E-state index contributed by atoms with van der Waals surface area (Å²) in [6, 6.07) is 5.37. The first-order chi connectivity index (χ1) is 9.26. The predicted molar refractivity (Wildman–Crippen MR) is 81.6 cm³/mol. The normalized spacial score (nSPS) is 13.4. The molecule has 0 heterocycles. The smallest absolute Gasteiger partial charge is 0.244 e. The van der Waals surface area contributed by atoms with Gasteiger partial charge in [-0.2, -0.15) is 0 Å². The van der Waals surface area contributed by atoms with Crippen molar-refractivity contribution in [3.05, 3.63) is 23.8 Å². The van der Waals surface area contributed by atoms with Crippen LogP contribution in [0.3, 0.4) is 0 Å². The van der Waals surface area contributed by atoms with Crippen LogP contribution in [-0.4, -0.2) is 17.4 Å². The van der Waals surface area contributed by atoms with Gasteiger partial charge in [0.05, 0.1) is 5.54 Å². The number of hydrogen-bond donors (Lipinski definition) is 3. The minimum absolute atomic E-state index is 0.152. The Morgan fingerprint density at radius 3 is 2.50 bits per heavy atom. The number of hydrogen-bond acceptors (Lipinski definition) is 3. The molecule has 0 aromatic heterocycles. The van der Waals surface area contributed by atoms with Crippen LogP contribution in [0, 0.1) is 6.92 Å². The summed E-state index contributed by atoms with van der Waals surface area (Å²) in [5, 5.41) is 5.52. The van der Waals surface area contributed by atoms with Gasteiger partial charge in [-0.25, -0.2) is 0 Å². The van der Waals surface area contributed by atoms with Crippen molar-refractivity contribution in [1.82, 2.24) is 0 Å². The van der Waals surface area contributed by atoms with Crippen LogP contribution in [-0.2, 0) is 9.59 Å². The molecule has 0 radical (unpaired) electrons. The number of benzene rings is 1. The topological polar surface area (TPSA) is 84.2 Å². The molecule has 0 spiro atoms. The van der Waals surface area contributed by atoms with Crippen molar-refractivity contribution in [2.75, 3.05) is 10.6 Å². The predicted octanol–water partition coefficient (Wildman–Crippen LogP) is 2.41. The van der Waals surface area contributed by atoms with Crippen LogP contribution in [0.1, 0.15) is 39.2 Å². The summed E-state index contributed by atoms with van der Waals surface area (Å²) in [7, 11) is 0. The second kappa shape index (κ2) is 6.52. The van der Waals surface area contributed by atoms with E-state index in [0.717, 1.165) is 12.0 Å². The molecule has 0 aliphatic carbocycles. The molecule has 0 saturated heterocycles. The van der Waals surface area contributed by atoms with Crippen molar-refractivity contribution in [2.45, 2.75) is 46.1 Å². The number of nitrogens with two attached hydrogens (primary N) is 1. The first-order valence-corrected chi connectivity index (χ1v) is 6.75. The fourth-order valence-electron chi connectivity index (χ4n) is 1.94. The summed E-state index contributed by atoms with van der Waals surface area (Å²) in [4.78, 5) is 23.2. The average Bonchev–Trinajstić information content (AvgIpc) is 2.32. The van der Waals surface area contributed by atoms with E-state index in [4.69, 9.17) is 5.73 Å². The third-order valence-electron chi connectivity index (χ3n) is 3.09. The summed E-state index contributed by atoms with van der Waals surface area (Å²) in [6.45, 7) is 7.04. The Bertz CT molecular complexity index is 510. The molecule has 110 valence electrons. The summed E-state index contributed by atoms with van der Waals surface area (Å²) in [5.74, 6) is -0.372. The molecule has 1 unspecified atom stereocenters. The summed E-state index contributed by atoms with van der Waals surface area (Å²) < 4.78 is 0. The average molecular weight is 277 g/mol. The molecule has 5 heteroatoms. The Morgan fingerprint density at radius 1 is 1.30 bits per heavy atom.